The van der Waals surface area contributed by atoms with E-state index in [-0.39, 0.29) is 11.6 Å². The molecule has 0 spiro atoms. The average molecular weight is 236 g/mol. The number of hydrogen-bond donors (Lipinski definition) is 0. The molecular weight excluding hydrogens is 212 g/mol. The molecule has 17 heavy (non-hydrogen) atoms. The summed E-state index contributed by atoms with van der Waals surface area (Å²) >= 11 is 0. The molecule has 1 atom stereocenters. The largest absolute Gasteiger partial charge is 0.456 e. The maximum absolute atomic E-state index is 11.8. The van der Waals surface area contributed by atoms with Crippen LogP contribution in [0.25, 0.3) is 0 Å². The van der Waals surface area contributed by atoms with Crippen LogP contribution in [0.2, 0.25) is 0 Å². The highest BCUT2D eigenvalue weighted by atomic mass is 16.6. The highest BCUT2D eigenvalue weighted by Gasteiger charge is 2.33. The maximum atomic E-state index is 11.8. The maximum Gasteiger partial charge on any atom is 0.333 e. The fourth-order valence-corrected chi connectivity index (χ4v) is 2.12. The van der Waals surface area contributed by atoms with E-state index in [1.165, 1.54) is 5.57 Å². The van der Waals surface area contributed by atoms with E-state index in [2.05, 4.69) is 13.0 Å². The molecule has 0 amide bonds. The number of carbonyl (C=O) groups excluding carboxylic acids is 1. The molecule has 1 aliphatic rings. The third kappa shape index (κ3) is 3.72. The van der Waals surface area contributed by atoms with Crippen molar-refractivity contribution in [3.8, 4) is 0 Å². The van der Waals surface area contributed by atoms with Gasteiger partial charge in [0.25, 0.3) is 0 Å². The van der Waals surface area contributed by atoms with E-state index in [1.54, 1.807) is 13.0 Å². The van der Waals surface area contributed by atoms with E-state index in [0.29, 0.717) is 11.5 Å². The average Bonchev–Trinajstić information content (AvgIpc) is 2.27. The van der Waals surface area contributed by atoms with Crippen molar-refractivity contribution in [2.45, 2.75) is 59.5 Å². The van der Waals surface area contributed by atoms with Crippen molar-refractivity contribution in [1.82, 2.24) is 0 Å². The summed E-state index contributed by atoms with van der Waals surface area (Å²) in [6.45, 7) is 9.86. The Balaban J connectivity index is 2.66. The van der Waals surface area contributed by atoms with E-state index >= 15 is 0 Å². The van der Waals surface area contributed by atoms with Gasteiger partial charge in [0.1, 0.15) is 5.60 Å². The molecule has 0 saturated carbocycles. The Morgan fingerprint density at radius 2 is 2.18 bits per heavy atom. The Morgan fingerprint density at radius 1 is 1.53 bits per heavy atom. The van der Waals surface area contributed by atoms with Crippen molar-refractivity contribution >= 4 is 5.97 Å². The van der Waals surface area contributed by atoms with Gasteiger partial charge in [-0.2, -0.15) is 0 Å². The van der Waals surface area contributed by atoms with Crippen molar-refractivity contribution in [2.24, 2.45) is 5.92 Å². The zero-order valence-corrected chi connectivity index (χ0v) is 11.7. The third-order valence-corrected chi connectivity index (χ3v) is 3.73. The first-order valence-corrected chi connectivity index (χ1v) is 6.38. The Bertz CT molecular complexity index is 348. The summed E-state index contributed by atoms with van der Waals surface area (Å²) in [5.74, 6) is 0.239. The van der Waals surface area contributed by atoms with Crippen LogP contribution in [-0.4, -0.2) is 11.6 Å². The summed E-state index contributed by atoms with van der Waals surface area (Å²) < 4.78 is 5.63. The van der Waals surface area contributed by atoms with Crippen molar-refractivity contribution in [1.29, 1.82) is 0 Å². The van der Waals surface area contributed by atoms with Gasteiger partial charge in [0.15, 0.2) is 0 Å². The van der Waals surface area contributed by atoms with Gasteiger partial charge in [0.2, 0.25) is 0 Å². The smallest absolute Gasteiger partial charge is 0.333 e. The predicted octanol–water partition coefficient (Wildman–Crippen LogP) is 4.02. The molecule has 1 aliphatic carbocycles. The van der Waals surface area contributed by atoms with Gasteiger partial charge in [-0.25, -0.2) is 4.79 Å². The molecule has 0 aromatic heterocycles. The number of allylic oxidation sites excluding steroid dienone is 3. The quantitative estimate of drug-likeness (QED) is 0.420. The lowest BCUT2D eigenvalue weighted by Crippen LogP contribution is -2.37. The van der Waals surface area contributed by atoms with Crippen molar-refractivity contribution < 1.29 is 9.53 Å². The fourth-order valence-electron chi connectivity index (χ4n) is 2.12. The molecule has 1 rings (SSSR count). The van der Waals surface area contributed by atoms with Crippen molar-refractivity contribution in [3.05, 3.63) is 23.3 Å². The van der Waals surface area contributed by atoms with Gasteiger partial charge in [-0.15, -0.1) is 0 Å². The van der Waals surface area contributed by atoms with Gasteiger partial charge < -0.3 is 4.74 Å². The molecule has 0 bridgehead atoms. The summed E-state index contributed by atoms with van der Waals surface area (Å²) in [4.78, 5) is 11.8. The van der Waals surface area contributed by atoms with Gasteiger partial charge in [0, 0.05) is 11.5 Å². The number of carbonyl (C=O) groups is 1. The van der Waals surface area contributed by atoms with Crippen molar-refractivity contribution in [2.75, 3.05) is 0 Å². The van der Waals surface area contributed by atoms with Crippen LogP contribution in [0.1, 0.15) is 53.9 Å². The van der Waals surface area contributed by atoms with Gasteiger partial charge in [-0.1, -0.05) is 17.7 Å². The zero-order chi connectivity index (χ0) is 13.1. The molecule has 0 radical (unpaired) electrons. The molecule has 0 N–H and O–H groups in total. The van der Waals surface area contributed by atoms with Gasteiger partial charge >= 0.3 is 5.97 Å². The topological polar surface area (TPSA) is 26.3 Å². The summed E-state index contributed by atoms with van der Waals surface area (Å²) in [7, 11) is 0. The molecule has 1 unspecified atom stereocenters. The van der Waals surface area contributed by atoms with Gasteiger partial charge in [0.05, 0.1) is 0 Å². The molecule has 0 fully saturated rings. The molecule has 0 aromatic rings. The lowest BCUT2D eigenvalue weighted by atomic mass is 9.79. The monoisotopic (exact) mass is 236 g/mol. The highest BCUT2D eigenvalue weighted by Crippen LogP contribution is 2.34. The summed E-state index contributed by atoms with van der Waals surface area (Å²) in [6.07, 6.45) is 7.31. The minimum Gasteiger partial charge on any atom is -0.456 e. The standard InChI is InChI=1S/C15H24O2/c1-6-12(3)14(16)17-15(4,5)13-9-7-11(2)8-10-13/h6-7,13H,8-10H2,1-5H3/b12-6-. The van der Waals surface area contributed by atoms with Crippen molar-refractivity contribution in [3.63, 3.8) is 0 Å². The number of hydrogen-bond acceptors (Lipinski definition) is 2. The Morgan fingerprint density at radius 3 is 2.65 bits per heavy atom. The number of rotatable bonds is 3. The second-order valence-corrected chi connectivity index (χ2v) is 5.49. The van der Waals surface area contributed by atoms with Gasteiger partial charge in [-0.05, 0) is 53.9 Å². The van der Waals surface area contributed by atoms with Crippen LogP contribution in [0.15, 0.2) is 23.3 Å². The highest BCUT2D eigenvalue weighted by molar-refractivity contribution is 5.87. The lowest BCUT2D eigenvalue weighted by molar-refractivity contribution is -0.157. The van der Waals surface area contributed by atoms with E-state index in [1.807, 2.05) is 20.8 Å². The molecule has 2 nitrogen and oxygen atoms in total. The molecule has 0 aliphatic heterocycles. The number of ether oxygens (including phenoxy) is 1. The molecule has 2 heteroatoms. The minimum atomic E-state index is -0.376. The van der Waals surface area contributed by atoms with Crippen LogP contribution >= 0.6 is 0 Å². The zero-order valence-electron chi connectivity index (χ0n) is 11.7. The molecule has 0 aromatic carbocycles. The second-order valence-electron chi connectivity index (χ2n) is 5.49. The van der Waals surface area contributed by atoms with Gasteiger partial charge in [-0.3, -0.25) is 0 Å². The summed E-state index contributed by atoms with van der Waals surface area (Å²) in [5.41, 5.74) is 1.76. The van der Waals surface area contributed by atoms with E-state index < -0.39 is 0 Å². The second kappa shape index (κ2) is 5.52. The first kappa shape index (κ1) is 14.0. The van der Waals surface area contributed by atoms with Crippen LogP contribution in [-0.2, 0) is 9.53 Å². The lowest BCUT2D eigenvalue weighted by Gasteiger charge is -2.35. The first-order chi connectivity index (χ1) is 7.86. The molecule has 96 valence electrons. The molecular formula is C15H24O2. The molecule has 0 saturated heterocycles. The normalized spacial score (nSPS) is 22.1. The minimum absolute atomic E-state index is 0.191. The Hall–Kier alpha value is -1.05. The SMILES string of the molecule is C/C=C(/C)C(=O)OC(C)(C)C1CC=C(C)CC1. The fraction of sp³-hybridized carbons (Fsp3) is 0.667. The van der Waals surface area contributed by atoms with Crippen LogP contribution in [0.4, 0.5) is 0 Å². The van der Waals surface area contributed by atoms with E-state index in [0.717, 1.165) is 19.3 Å². The summed E-state index contributed by atoms with van der Waals surface area (Å²) in [6, 6.07) is 0. The summed E-state index contributed by atoms with van der Waals surface area (Å²) in [5, 5.41) is 0. The van der Waals surface area contributed by atoms with Crippen LogP contribution in [0.5, 0.6) is 0 Å². The van der Waals surface area contributed by atoms with Crippen LogP contribution in [0.3, 0.4) is 0 Å². The van der Waals surface area contributed by atoms with Crippen LogP contribution in [0, 0.1) is 5.92 Å². The van der Waals surface area contributed by atoms with E-state index in [4.69, 9.17) is 4.74 Å². The Labute approximate surface area is 105 Å². The van der Waals surface area contributed by atoms with Crippen LogP contribution < -0.4 is 0 Å². The van der Waals surface area contributed by atoms with E-state index in [9.17, 15) is 4.79 Å². The molecule has 0 heterocycles. The third-order valence-electron chi connectivity index (χ3n) is 3.73. The Kier molecular flexibility index (Phi) is 4.55. The predicted molar refractivity (Wildman–Crippen MR) is 70.7 cm³/mol. The first-order valence-electron chi connectivity index (χ1n) is 6.38. The number of esters is 1.